The van der Waals surface area contributed by atoms with Gasteiger partial charge >= 0.3 is 5.97 Å². The predicted octanol–water partition coefficient (Wildman–Crippen LogP) is -1.25. The van der Waals surface area contributed by atoms with Crippen LogP contribution in [-0.2, 0) is 14.3 Å². The van der Waals surface area contributed by atoms with Crippen LogP contribution in [0, 0.1) is 0 Å². The molecular weight excluding hydrogens is 308 g/mol. The molecule has 23 heavy (non-hydrogen) atoms. The van der Waals surface area contributed by atoms with Crippen molar-refractivity contribution in [2.75, 3.05) is 6.61 Å². The Morgan fingerprint density at radius 1 is 1.17 bits per heavy atom. The van der Waals surface area contributed by atoms with Crippen molar-refractivity contribution < 1.29 is 39.8 Å². The van der Waals surface area contributed by atoms with E-state index in [4.69, 9.17) is 19.7 Å². The lowest BCUT2D eigenvalue weighted by Crippen LogP contribution is -2.59. The standard InChI is InChI=1S/C15H18O8/c16-7-10-12(19)13(20)14(15(21)22-10)23-11(18)6-3-8-1-4-9(17)5-2-8/h1-6,10,12-17,19-21H,7H2/b6-3+. The average molecular weight is 326 g/mol. The SMILES string of the molecule is O=C(/C=C/c1ccc(O)cc1)OC1C(O)OC(CO)C(O)C1O. The van der Waals surface area contributed by atoms with Gasteiger partial charge in [-0.2, -0.15) is 0 Å². The molecule has 0 spiro atoms. The molecule has 126 valence electrons. The third kappa shape index (κ3) is 4.27. The van der Waals surface area contributed by atoms with E-state index in [1.54, 1.807) is 12.1 Å². The number of aliphatic hydroxyl groups is 4. The van der Waals surface area contributed by atoms with Gasteiger partial charge in [-0.05, 0) is 23.8 Å². The number of phenolic OH excluding ortho intramolecular Hbond substituents is 1. The van der Waals surface area contributed by atoms with Gasteiger partial charge in [-0.3, -0.25) is 0 Å². The van der Waals surface area contributed by atoms with E-state index in [1.165, 1.54) is 18.2 Å². The molecule has 5 atom stereocenters. The molecule has 1 aromatic carbocycles. The first kappa shape index (κ1) is 17.4. The third-order valence-corrected chi connectivity index (χ3v) is 3.40. The molecule has 8 heteroatoms. The fraction of sp³-hybridized carbons (Fsp3) is 0.400. The van der Waals surface area contributed by atoms with E-state index >= 15 is 0 Å². The molecule has 1 heterocycles. The second-order valence-electron chi connectivity index (χ2n) is 5.06. The Morgan fingerprint density at radius 3 is 2.43 bits per heavy atom. The smallest absolute Gasteiger partial charge is 0.331 e. The van der Waals surface area contributed by atoms with Crippen LogP contribution in [0.3, 0.4) is 0 Å². The first-order valence-electron chi connectivity index (χ1n) is 6.90. The fourth-order valence-corrected chi connectivity index (χ4v) is 2.12. The highest BCUT2D eigenvalue weighted by molar-refractivity contribution is 5.87. The second kappa shape index (κ2) is 7.53. The van der Waals surface area contributed by atoms with Gasteiger partial charge in [0.15, 0.2) is 12.4 Å². The van der Waals surface area contributed by atoms with Gasteiger partial charge in [0.05, 0.1) is 6.61 Å². The Labute approximate surface area is 131 Å². The van der Waals surface area contributed by atoms with Gasteiger partial charge in [0, 0.05) is 6.08 Å². The number of hydrogen-bond donors (Lipinski definition) is 5. The Bertz CT molecular complexity index is 555. The number of carbonyl (C=O) groups is 1. The van der Waals surface area contributed by atoms with Crippen molar-refractivity contribution in [3.8, 4) is 5.75 Å². The van der Waals surface area contributed by atoms with Crippen molar-refractivity contribution in [3.05, 3.63) is 35.9 Å². The van der Waals surface area contributed by atoms with Crippen molar-refractivity contribution in [1.82, 2.24) is 0 Å². The van der Waals surface area contributed by atoms with E-state index in [2.05, 4.69) is 0 Å². The van der Waals surface area contributed by atoms with E-state index in [0.29, 0.717) is 5.56 Å². The summed E-state index contributed by atoms with van der Waals surface area (Å²) in [5.41, 5.74) is 0.626. The van der Waals surface area contributed by atoms with Gasteiger partial charge in [0.25, 0.3) is 0 Å². The highest BCUT2D eigenvalue weighted by atomic mass is 16.7. The van der Waals surface area contributed by atoms with Crippen molar-refractivity contribution in [1.29, 1.82) is 0 Å². The lowest BCUT2D eigenvalue weighted by molar-refractivity contribution is -0.289. The number of carbonyl (C=O) groups excluding carboxylic acids is 1. The molecule has 1 aromatic rings. The topological polar surface area (TPSA) is 137 Å². The van der Waals surface area contributed by atoms with Crippen molar-refractivity contribution in [2.24, 2.45) is 0 Å². The minimum Gasteiger partial charge on any atom is -0.508 e. The maximum Gasteiger partial charge on any atom is 0.331 e. The van der Waals surface area contributed by atoms with Crippen LogP contribution in [0.15, 0.2) is 30.3 Å². The maximum absolute atomic E-state index is 11.7. The van der Waals surface area contributed by atoms with Crippen LogP contribution in [0.2, 0.25) is 0 Å². The Kier molecular flexibility index (Phi) is 5.69. The number of esters is 1. The van der Waals surface area contributed by atoms with Crippen LogP contribution in [0.4, 0.5) is 0 Å². The maximum atomic E-state index is 11.7. The molecule has 0 aliphatic carbocycles. The summed E-state index contributed by atoms with van der Waals surface area (Å²) in [5, 5.41) is 47.3. The van der Waals surface area contributed by atoms with Crippen LogP contribution in [0.1, 0.15) is 5.56 Å². The van der Waals surface area contributed by atoms with Crippen LogP contribution in [-0.4, -0.2) is 68.8 Å². The molecule has 0 saturated carbocycles. The van der Waals surface area contributed by atoms with Crippen molar-refractivity contribution in [3.63, 3.8) is 0 Å². The van der Waals surface area contributed by atoms with Gasteiger partial charge in [0.1, 0.15) is 24.1 Å². The molecule has 1 saturated heterocycles. The molecule has 0 radical (unpaired) electrons. The van der Waals surface area contributed by atoms with Gasteiger partial charge in [-0.1, -0.05) is 12.1 Å². The van der Waals surface area contributed by atoms with E-state index < -0.39 is 43.3 Å². The monoisotopic (exact) mass is 326 g/mol. The number of rotatable bonds is 4. The predicted molar refractivity (Wildman–Crippen MR) is 77.0 cm³/mol. The third-order valence-electron chi connectivity index (χ3n) is 3.40. The lowest BCUT2D eigenvalue weighted by Gasteiger charge is -2.39. The molecular formula is C15H18O8. The summed E-state index contributed by atoms with van der Waals surface area (Å²) in [5.74, 6) is -0.776. The highest BCUT2D eigenvalue weighted by Gasteiger charge is 2.45. The first-order chi connectivity index (χ1) is 10.9. The summed E-state index contributed by atoms with van der Waals surface area (Å²) in [4.78, 5) is 11.7. The zero-order valence-electron chi connectivity index (χ0n) is 12.0. The summed E-state index contributed by atoms with van der Waals surface area (Å²) in [6, 6.07) is 6.03. The van der Waals surface area contributed by atoms with E-state index in [0.717, 1.165) is 6.08 Å². The van der Waals surface area contributed by atoms with Gasteiger partial charge < -0.3 is 35.0 Å². The van der Waals surface area contributed by atoms with Crippen molar-refractivity contribution >= 4 is 12.0 Å². The van der Waals surface area contributed by atoms with Crippen LogP contribution in [0.25, 0.3) is 6.08 Å². The fourth-order valence-electron chi connectivity index (χ4n) is 2.12. The molecule has 5 N–H and O–H groups in total. The van der Waals surface area contributed by atoms with E-state index in [1.807, 2.05) is 0 Å². The Hall–Kier alpha value is -1.97. The van der Waals surface area contributed by atoms with Crippen LogP contribution < -0.4 is 0 Å². The van der Waals surface area contributed by atoms with E-state index in [-0.39, 0.29) is 5.75 Å². The quantitative estimate of drug-likeness (QED) is 0.342. The largest absolute Gasteiger partial charge is 0.508 e. The number of hydrogen-bond acceptors (Lipinski definition) is 8. The van der Waals surface area contributed by atoms with Crippen LogP contribution in [0.5, 0.6) is 5.75 Å². The van der Waals surface area contributed by atoms with Gasteiger partial charge in [-0.15, -0.1) is 0 Å². The van der Waals surface area contributed by atoms with Crippen molar-refractivity contribution in [2.45, 2.75) is 30.7 Å². The number of aliphatic hydroxyl groups excluding tert-OH is 4. The molecule has 5 unspecified atom stereocenters. The lowest BCUT2D eigenvalue weighted by atomic mass is 9.99. The molecule has 8 nitrogen and oxygen atoms in total. The normalized spacial score (nSPS) is 31.2. The van der Waals surface area contributed by atoms with Crippen LogP contribution >= 0.6 is 0 Å². The number of phenols is 1. The average Bonchev–Trinajstić information content (AvgIpc) is 2.54. The number of ether oxygens (including phenoxy) is 2. The first-order valence-corrected chi connectivity index (χ1v) is 6.90. The molecule has 1 fully saturated rings. The zero-order chi connectivity index (χ0) is 17.0. The second-order valence-corrected chi connectivity index (χ2v) is 5.06. The van der Waals surface area contributed by atoms with Gasteiger partial charge in [0.2, 0.25) is 0 Å². The Morgan fingerprint density at radius 2 is 1.83 bits per heavy atom. The van der Waals surface area contributed by atoms with Gasteiger partial charge in [-0.25, -0.2) is 4.79 Å². The highest BCUT2D eigenvalue weighted by Crippen LogP contribution is 2.22. The summed E-state index contributed by atoms with van der Waals surface area (Å²) in [7, 11) is 0. The summed E-state index contributed by atoms with van der Waals surface area (Å²) < 4.78 is 9.76. The minimum absolute atomic E-state index is 0.0859. The summed E-state index contributed by atoms with van der Waals surface area (Å²) in [6.07, 6.45) is -4.93. The number of aromatic hydroxyl groups is 1. The summed E-state index contributed by atoms with van der Waals surface area (Å²) in [6.45, 7) is -0.600. The molecule has 0 aromatic heterocycles. The molecule has 0 bridgehead atoms. The molecule has 2 rings (SSSR count). The Balaban J connectivity index is 1.97. The van der Waals surface area contributed by atoms with E-state index in [9.17, 15) is 20.1 Å². The molecule has 1 aliphatic rings. The minimum atomic E-state index is -1.67. The molecule has 1 aliphatic heterocycles. The molecule has 0 amide bonds. The zero-order valence-corrected chi connectivity index (χ0v) is 12.0. The number of benzene rings is 1. The summed E-state index contributed by atoms with van der Waals surface area (Å²) >= 11 is 0.